The summed E-state index contributed by atoms with van der Waals surface area (Å²) >= 11 is 0. The van der Waals surface area contributed by atoms with E-state index in [1.165, 1.54) is 12.8 Å². The van der Waals surface area contributed by atoms with Crippen LogP contribution in [0.15, 0.2) is 0 Å². The van der Waals surface area contributed by atoms with Crippen molar-refractivity contribution in [3.63, 3.8) is 0 Å². The smallest absolute Gasteiger partial charge is 0.224 e. The lowest BCUT2D eigenvalue weighted by atomic mass is 10.1. The Kier molecular flexibility index (Phi) is 3.59. The zero-order valence-electron chi connectivity index (χ0n) is 9.46. The van der Waals surface area contributed by atoms with Crippen molar-refractivity contribution in [3.8, 4) is 0 Å². The first-order chi connectivity index (χ1) is 7.25. The molecule has 4 nitrogen and oxygen atoms in total. The van der Waals surface area contributed by atoms with E-state index in [0.717, 1.165) is 32.7 Å². The van der Waals surface area contributed by atoms with Crippen molar-refractivity contribution in [3.05, 3.63) is 0 Å². The number of hydrogen-bond acceptors (Lipinski definition) is 3. The second-order valence-electron chi connectivity index (χ2n) is 4.73. The van der Waals surface area contributed by atoms with Gasteiger partial charge in [0.2, 0.25) is 5.91 Å². The summed E-state index contributed by atoms with van der Waals surface area (Å²) in [6.07, 6.45) is 2.35. The van der Waals surface area contributed by atoms with Gasteiger partial charge in [-0.1, -0.05) is 6.92 Å². The first kappa shape index (κ1) is 10.9. The number of hydrogen-bond donors (Lipinski definition) is 2. The molecule has 1 amide bonds. The Morgan fingerprint density at radius 1 is 1.47 bits per heavy atom. The van der Waals surface area contributed by atoms with E-state index in [1.54, 1.807) is 0 Å². The van der Waals surface area contributed by atoms with Crippen LogP contribution in [0.3, 0.4) is 0 Å². The number of carbonyl (C=O) groups is 1. The number of nitrogens with one attached hydrogen (secondary N) is 2. The van der Waals surface area contributed by atoms with Crippen LogP contribution in [0.5, 0.6) is 0 Å². The monoisotopic (exact) mass is 211 g/mol. The zero-order valence-corrected chi connectivity index (χ0v) is 9.46. The normalized spacial score (nSPS) is 24.9. The average Bonchev–Trinajstić information content (AvgIpc) is 3.03. The van der Waals surface area contributed by atoms with Crippen LogP contribution in [0.25, 0.3) is 0 Å². The highest BCUT2D eigenvalue weighted by Gasteiger charge is 2.26. The molecular weight excluding hydrogens is 190 g/mol. The molecule has 0 aromatic heterocycles. The zero-order chi connectivity index (χ0) is 10.7. The largest absolute Gasteiger partial charge is 0.353 e. The number of carbonyl (C=O) groups excluding carboxylic acids is 1. The first-order valence-corrected chi connectivity index (χ1v) is 5.99. The van der Waals surface area contributed by atoms with E-state index in [4.69, 9.17) is 0 Å². The molecule has 2 rings (SSSR count). The van der Waals surface area contributed by atoms with E-state index >= 15 is 0 Å². The molecule has 1 unspecified atom stereocenters. The Labute approximate surface area is 91.4 Å². The predicted molar refractivity (Wildman–Crippen MR) is 59.6 cm³/mol. The van der Waals surface area contributed by atoms with Gasteiger partial charge < -0.3 is 15.5 Å². The van der Waals surface area contributed by atoms with E-state index in [9.17, 15) is 4.79 Å². The molecule has 0 radical (unpaired) electrons. The van der Waals surface area contributed by atoms with Crippen molar-refractivity contribution in [2.75, 3.05) is 32.7 Å². The molecule has 0 spiro atoms. The van der Waals surface area contributed by atoms with Crippen LogP contribution >= 0.6 is 0 Å². The molecule has 0 bridgehead atoms. The molecule has 1 atom stereocenters. The summed E-state index contributed by atoms with van der Waals surface area (Å²) in [4.78, 5) is 14.1. The predicted octanol–water partition coefficient (Wildman–Crippen LogP) is -0.194. The molecule has 1 saturated carbocycles. The third-order valence-electron chi connectivity index (χ3n) is 3.11. The Hall–Kier alpha value is -0.610. The highest BCUT2D eigenvalue weighted by molar-refractivity contribution is 5.79. The van der Waals surface area contributed by atoms with Crippen molar-refractivity contribution in [1.82, 2.24) is 15.5 Å². The summed E-state index contributed by atoms with van der Waals surface area (Å²) in [5, 5.41) is 6.38. The van der Waals surface area contributed by atoms with Crippen molar-refractivity contribution in [1.29, 1.82) is 0 Å². The summed E-state index contributed by atoms with van der Waals surface area (Å²) < 4.78 is 0. The van der Waals surface area contributed by atoms with Crippen molar-refractivity contribution < 1.29 is 4.79 Å². The third-order valence-corrected chi connectivity index (χ3v) is 3.11. The van der Waals surface area contributed by atoms with Crippen molar-refractivity contribution >= 4 is 5.91 Å². The van der Waals surface area contributed by atoms with Gasteiger partial charge in [0.15, 0.2) is 0 Å². The van der Waals surface area contributed by atoms with E-state index < -0.39 is 0 Å². The van der Waals surface area contributed by atoms with Gasteiger partial charge in [-0.3, -0.25) is 4.79 Å². The molecule has 0 aromatic carbocycles. The summed E-state index contributed by atoms with van der Waals surface area (Å²) in [7, 11) is 0. The van der Waals surface area contributed by atoms with Crippen LogP contribution in [-0.2, 0) is 4.79 Å². The van der Waals surface area contributed by atoms with Gasteiger partial charge in [-0.15, -0.1) is 0 Å². The highest BCUT2D eigenvalue weighted by atomic mass is 16.2. The fourth-order valence-corrected chi connectivity index (χ4v) is 1.94. The van der Waals surface area contributed by atoms with Gasteiger partial charge in [-0.2, -0.15) is 0 Å². The number of nitrogens with zero attached hydrogens (tertiary/aromatic N) is 1. The van der Waals surface area contributed by atoms with Crippen LogP contribution in [0.1, 0.15) is 19.8 Å². The Morgan fingerprint density at radius 2 is 2.13 bits per heavy atom. The number of amides is 1. The second kappa shape index (κ2) is 4.94. The Balaban J connectivity index is 1.69. The second-order valence-corrected chi connectivity index (χ2v) is 4.73. The standard InChI is InChI=1S/C11H21N3O/c1-9(11(15)13-10-2-3-10)8-14-6-4-12-5-7-14/h9-10,12H,2-8H2,1H3,(H,13,15). The minimum atomic E-state index is 0.128. The van der Waals surface area contributed by atoms with Gasteiger partial charge in [0.25, 0.3) is 0 Å². The maximum absolute atomic E-state index is 11.7. The first-order valence-electron chi connectivity index (χ1n) is 5.99. The lowest BCUT2D eigenvalue weighted by molar-refractivity contribution is -0.125. The lowest BCUT2D eigenvalue weighted by Crippen LogP contribution is -2.47. The third kappa shape index (κ3) is 3.47. The minimum Gasteiger partial charge on any atom is -0.353 e. The summed E-state index contributed by atoms with van der Waals surface area (Å²) in [5.74, 6) is 0.361. The van der Waals surface area contributed by atoms with Gasteiger partial charge in [0, 0.05) is 44.7 Å². The van der Waals surface area contributed by atoms with Gasteiger partial charge in [-0.25, -0.2) is 0 Å². The quantitative estimate of drug-likeness (QED) is 0.677. The van der Waals surface area contributed by atoms with Crippen LogP contribution in [0.2, 0.25) is 0 Å². The molecule has 2 N–H and O–H groups in total. The molecule has 2 fully saturated rings. The topological polar surface area (TPSA) is 44.4 Å². The van der Waals surface area contributed by atoms with Crippen LogP contribution < -0.4 is 10.6 Å². The number of piperazine rings is 1. The molecular formula is C11H21N3O. The van der Waals surface area contributed by atoms with E-state index in [2.05, 4.69) is 15.5 Å². The molecule has 86 valence electrons. The molecule has 1 heterocycles. The molecule has 15 heavy (non-hydrogen) atoms. The minimum absolute atomic E-state index is 0.128. The van der Waals surface area contributed by atoms with Crippen molar-refractivity contribution in [2.45, 2.75) is 25.8 Å². The fourth-order valence-electron chi connectivity index (χ4n) is 1.94. The van der Waals surface area contributed by atoms with Crippen molar-refractivity contribution in [2.24, 2.45) is 5.92 Å². The highest BCUT2D eigenvalue weighted by Crippen LogP contribution is 2.19. The molecule has 1 saturated heterocycles. The van der Waals surface area contributed by atoms with E-state index in [-0.39, 0.29) is 11.8 Å². The molecule has 4 heteroatoms. The Morgan fingerprint density at radius 3 is 2.73 bits per heavy atom. The lowest BCUT2D eigenvalue weighted by Gasteiger charge is -2.29. The van der Waals surface area contributed by atoms with Crippen LogP contribution in [-0.4, -0.2) is 49.6 Å². The summed E-state index contributed by atoms with van der Waals surface area (Å²) in [6.45, 7) is 7.18. The van der Waals surface area contributed by atoms with Crippen LogP contribution in [0.4, 0.5) is 0 Å². The Bertz CT molecular complexity index is 222. The molecule has 1 aliphatic heterocycles. The SMILES string of the molecule is CC(CN1CCNCC1)C(=O)NC1CC1. The molecule has 2 aliphatic rings. The van der Waals surface area contributed by atoms with Gasteiger partial charge in [0.05, 0.1) is 0 Å². The van der Waals surface area contributed by atoms with E-state index in [1.807, 2.05) is 6.92 Å². The average molecular weight is 211 g/mol. The van der Waals surface area contributed by atoms with Gasteiger partial charge in [0.1, 0.15) is 0 Å². The van der Waals surface area contributed by atoms with E-state index in [0.29, 0.717) is 6.04 Å². The molecule has 1 aliphatic carbocycles. The van der Waals surface area contributed by atoms with Gasteiger partial charge >= 0.3 is 0 Å². The maximum Gasteiger partial charge on any atom is 0.224 e. The summed E-state index contributed by atoms with van der Waals surface area (Å²) in [6, 6.07) is 0.489. The van der Waals surface area contributed by atoms with Gasteiger partial charge in [-0.05, 0) is 12.8 Å². The summed E-state index contributed by atoms with van der Waals surface area (Å²) in [5.41, 5.74) is 0. The molecule has 0 aromatic rings. The van der Waals surface area contributed by atoms with Crippen LogP contribution in [0, 0.1) is 5.92 Å². The number of rotatable bonds is 4. The fraction of sp³-hybridized carbons (Fsp3) is 0.909. The maximum atomic E-state index is 11.7.